The highest BCUT2D eigenvalue weighted by Gasteiger charge is 2.33. The minimum absolute atomic E-state index is 0.117. The van der Waals surface area contributed by atoms with Crippen molar-refractivity contribution < 1.29 is 4.92 Å². The van der Waals surface area contributed by atoms with Gasteiger partial charge in [0.05, 0.1) is 4.92 Å². The first kappa shape index (κ1) is 15.1. The number of aryl methyl sites for hydroxylation is 2. The van der Waals surface area contributed by atoms with Crippen molar-refractivity contribution in [1.82, 2.24) is 25.0 Å². The molecule has 0 unspecified atom stereocenters. The van der Waals surface area contributed by atoms with Crippen LogP contribution in [0.25, 0.3) is 0 Å². The molecule has 0 atom stereocenters. The van der Waals surface area contributed by atoms with Crippen LogP contribution in [0.4, 0.5) is 11.5 Å². The Labute approximate surface area is 139 Å². The predicted octanol–water partition coefficient (Wildman–Crippen LogP) is 2.02. The zero-order valence-electron chi connectivity index (χ0n) is 13.9. The number of anilines is 1. The van der Waals surface area contributed by atoms with Gasteiger partial charge in [0, 0.05) is 32.0 Å². The Morgan fingerprint density at radius 3 is 2.54 bits per heavy atom. The van der Waals surface area contributed by atoms with Crippen LogP contribution in [0, 0.1) is 17.0 Å². The molecule has 1 aliphatic heterocycles. The smallest absolute Gasteiger partial charge is 0.333 e. The summed E-state index contributed by atoms with van der Waals surface area (Å²) < 4.78 is 1.62. The van der Waals surface area contributed by atoms with Gasteiger partial charge in [0.1, 0.15) is 11.5 Å². The fraction of sp³-hybridized carbons (Fsp3) is 0.667. The fourth-order valence-corrected chi connectivity index (χ4v) is 3.56. The summed E-state index contributed by atoms with van der Waals surface area (Å²) in [5, 5.41) is 23.0. The van der Waals surface area contributed by atoms with Crippen molar-refractivity contribution in [3.05, 3.63) is 27.5 Å². The lowest BCUT2D eigenvalue weighted by Crippen LogP contribution is -2.34. The van der Waals surface area contributed by atoms with Crippen molar-refractivity contribution in [1.29, 1.82) is 0 Å². The number of aromatic amines is 1. The first-order chi connectivity index (χ1) is 11.5. The third-order valence-electron chi connectivity index (χ3n) is 4.99. The van der Waals surface area contributed by atoms with Gasteiger partial charge < -0.3 is 4.90 Å². The summed E-state index contributed by atoms with van der Waals surface area (Å²) in [6.07, 6.45) is 4.19. The highest BCUT2D eigenvalue weighted by atomic mass is 16.6. The number of H-pyrrole nitrogens is 1. The molecule has 9 nitrogen and oxygen atoms in total. The van der Waals surface area contributed by atoms with Crippen LogP contribution in [0.15, 0.2) is 0 Å². The van der Waals surface area contributed by atoms with Gasteiger partial charge in [-0.05, 0) is 32.6 Å². The Hall–Kier alpha value is -2.45. The lowest BCUT2D eigenvalue weighted by atomic mass is 9.96. The largest absolute Gasteiger partial charge is 0.351 e. The molecule has 0 aromatic carbocycles. The third kappa shape index (κ3) is 2.53. The quantitative estimate of drug-likeness (QED) is 0.678. The van der Waals surface area contributed by atoms with Gasteiger partial charge in [-0.3, -0.25) is 15.2 Å². The molecule has 2 aromatic rings. The maximum absolute atomic E-state index is 11.4. The monoisotopic (exact) mass is 331 g/mol. The number of nitro groups is 1. The first-order valence-electron chi connectivity index (χ1n) is 8.39. The third-order valence-corrected chi connectivity index (χ3v) is 4.99. The van der Waals surface area contributed by atoms with Gasteiger partial charge >= 0.3 is 5.69 Å². The van der Waals surface area contributed by atoms with Crippen molar-refractivity contribution in [2.75, 3.05) is 18.0 Å². The molecule has 1 aliphatic carbocycles. The summed E-state index contributed by atoms with van der Waals surface area (Å²) in [6, 6.07) is 0. The molecular formula is C15H21N7O2. The molecule has 0 bridgehead atoms. The standard InChI is InChI=1S/C15H21N7O2/c1-9-12(22(23)24)15(20(2)19-9)21-7-5-11(6-8-21)14-16-13(17-18-14)10-3-4-10/h10-11H,3-8H2,1-2H3,(H,16,17,18). The minimum Gasteiger partial charge on any atom is -0.351 e. The number of rotatable bonds is 4. The lowest BCUT2D eigenvalue weighted by Gasteiger charge is -2.31. The van der Waals surface area contributed by atoms with Crippen molar-refractivity contribution in [3.8, 4) is 0 Å². The van der Waals surface area contributed by atoms with Gasteiger partial charge in [-0.15, -0.1) is 0 Å². The second-order valence-electron chi connectivity index (χ2n) is 6.75. The number of nitrogens with one attached hydrogen (secondary N) is 1. The molecule has 1 saturated carbocycles. The molecule has 1 N–H and O–H groups in total. The maximum atomic E-state index is 11.4. The van der Waals surface area contributed by atoms with E-state index in [9.17, 15) is 10.1 Å². The molecule has 9 heteroatoms. The number of nitrogens with zero attached hydrogens (tertiary/aromatic N) is 6. The fourth-order valence-electron chi connectivity index (χ4n) is 3.56. The molecule has 24 heavy (non-hydrogen) atoms. The summed E-state index contributed by atoms with van der Waals surface area (Å²) in [6.45, 7) is 3.19. The van der Waals surface area contributed by atoms with E-state index in [-0.39, 0.29) is 10.6 Å². The summed E-state index contributed by atoms with van der Waals surface area (Å²) >= 11 is 0. The van der Waals surface area contributed by atoms with Gasteiger partial charge in [0.15, 0.2) is 5.82 Å². The first-order valence-corrected chi connectivity index (χ1v) is 8.39. The number of hydrogen-bond acceptors (Lipinski definition) is 6. The lowest BCUT2D eigenvalue weighted by molar-refractivity contribution is -0.384. The Balaban J connectivity index is 1.49. The van der Waals surface area contributed by atoms with Gasteiger partial charge in [0.2, 0.25) is 5.82 Å². The summed E-state index contributed by atoms with van der Waals surface area (Å²) in [5.41, 5.74) is 0.579. The molecule has 2 fully saturated rings. The van der Waals surface area contributed by atoms with E-state index in [0.29, 0.717) is 23.3 Å². The Kier molecular flexibility index (Phi) is 3.50. The van der Waals surface area contributed by atoms with Crippen LogP contribution in [0.2, 0.25) is 0 Å². The van der Waals surface area contributed by atoms with E-state index in [1.807, 2.05) is 0 Å². The second kappa shape index (κ2) is 5.57. The number of hydrogen-bond donors (Lipinski definition) is 1. The Morgan fingerprint density at radius 1 is 1.21 bits per heavy atom. The molecule has 2 aromatic heterocycles. The number of aromatic nitrogens is 5. The summed E-state index contributed by atoms with van der Waals surface area (Å²) in [5.74, 6) is 3.41. The average molecular weight is 331 g/mol. The van der Waals surface area contributed by atoms with Crippen molar-refractivity contribution in [2.24, 2.45) is 7.05 Å². The van der Waals surface area contributed by atoms with Crippen LogP contribution in [0.3, 0.4) is 0 Å². The molecule has 1 saturated heterocycles. The topological polar surface area (TPSA) is 106 Å². The van der Waals surface area contributed by atoms with Crippen LogP contribution in [-0.4, -0.2) is 43.0 Å². The molecule has 0 radical (unpaired) electrons. The van der Waals surface area contributed by atoms with E-state index in [2.05, 4.69) is 25.2 Å². The molecule has 2 aliphatic rings. The van der Waals surface area contributed by atoms with Gasteiger partial charge in [-0.2, -0.15) is 10.2 Å². The molecule has 4 rings (SSSR count). The number of piperidine rings is 1. The van der Waals surface area contributed by atoms with E-state index in [1.54, 1.807) is 18.7 Å². The minimum atomic E-state index is -0.331. The van der Waals surface area contributed by atoms with Crippen molar-refractivity contribution >= 4 is 11.5 Å². The Morgan fingerprint density at radius 2 is 1.92 bits per heavy atom. The zero-order valence-corrected chi connectivity index (χ0v) is 13.9. The van der Waals surface area contributed by atoms with E-state index < -0.39 is 0 Å². The molecule has 0 amide bonds. The Bertz CT molecular complexity index is 769. The van der Waals surface area contributed by atoms with E-state index >= 15 is 0 Å². The van der Waals surface area contributed by atoms with Crippen LogP contribution < -0.4 is 4.90 Å². The highest BCUT2D eigenvalue weighted by Crippen LogP contribution is 2.39. The van der Waals surface area contributed by atoms with Crippen molar-refractivity contribution in [3.63, 3.8) is 0 Å². The van der Waals surface area contributed by atoms with Crippen LogP contribution in [0.5, 0.6) is 0 Å². The normalized spacial score (nSPS) is 19.0. The van der Waals surface area contributed by atoms with Crippen LogP contribution >= 0.6 is 0 Å². The second-order valence-corrected chi connectivity index (χ2v) is 6.75. The van der Waals surface area contributed by atoms with Crippen LogP contribution in [-0.2, 0) is 7.05 Å². The van der Waals surface area contributed by atoms with E-state index in [4.69, 9.17) is 0 Å². The average Bonchev–Trinajstić information content (AvgIpc) is 3.20. The molecule has 3 heterocycles. The summed E-state index contributed by atoms with van der Waals surface area (Å²) in [4.78, 5) is 17.7. The summed E-state index contributed by atoms with van der Waals surface area (Å²) in [7, 11) is 1.76. The molecule has 0 spiro atoms. The van der Waals surface area contributed by atoms with E-state index in [0.717, 1.165) is 37.6 Å². The van der Waals surface area contributed by atoms with E-state index in [1.165, 1.54) is 12.8 Å². The van der Waals surface area contributed by atoms with Gasteiger partial charge in [-0.25, -0.2) is 9.67 Å². The SMILES string of the molecule is Cc1nn(C)c(N2CCC(c3nc(C4CC4)n[nH]3)CC2)c1[N+](=O)[O-]. The molecule has 128 valence electrons. The van der Waals surface area contributed by atoms with Crippen molar-refractivity contribution in [2.45, 2.75) is 44.4 Å². The van der Waals surface area contributed by atoms with Gasteiger partial charge in [0.25, 0.3) is 0 Å². The van der Waals surface area contributed by atoms with Crippen LogP contribution in [0.1, 0.15) is 54.9 Å². The molecular weight excluding hydrogens is 310 g/mol. The predicted molar refractivity (Wildman–Crippen MR) is 87.1 cm³/mol. The maximum Gasteiger partial charge on any atom is 0.333 e. The zero-order chi connectivity index (χ0) is 16.8. The highest BCUT2D eigenvalue weighted by molar-refractivity contribution is 5.61. The van der Waals surface area contributed by atoms with Gasteiger partial charge in [-0.1, -0.05) is 0 Å².